The Hall–Kier alpha value is -2.01. The Labute approximate surface area is 136 Å². The highest BCUT2D eigenvalue weighted by Gasteiger charge is 2.11. The predicted octanol–water partition coefficient (Wildman–Crippen LogP) is 5.01. The number of nitrogens with zero attached hydrogens (tertiary/aromatic N) is 2. The van der Waals surface area contributed by atoms with Crippen LogP contribution in [0.25, 0.3) is 10.9 Å². The molecule has 0 bridgehead atoms. The lowest BCUT2D eigenvalue weighted by Crippen LogP contribution is -2.09. The Balaban J connectivity index is 1.97. The molecule has 1 atom stereocenters. The molecule has 0 radical (unpaired) electrons. The molecule has 1 N–H and O–H groups in total. The Morgan fingerprint density at radius 2 is 1.82 bits per heavy atom. The van der Waals surface area contributed by atoms with Gasteiger partial charge in [0.25, 0.3) is 0 Å². The van der Waals surface area contributed by atoms with E-state index >= 15 is 0 Å². The summed E-state index contributed by atoms with van der Waals surface area (Å²) in [5, 5.41) is 4.21. The second-order valence-corrected chi connectivity index (χ2v) is 6.11. The van der Waals surface area contributed by atoms with Gasteiger partial charge >= 0.3 is 0 Å². The zero-order valence-corrected chi connectivity index (χ0v) is 13.9. The normalized spacial score (nSPS) is 12.4. The van der Waals surface area contributed by atoms with Gasteiger partial charge in [0.05, 0.1) is 5.52 Å². The predicted molar refractivity (Wildman–Crippen MR) is 90.4 cm³/mol. The zero-order chi connectivity index (χ0) is 15.7. The molecule has 1 heterocycles. The fourth-order valence-corrected chi connectivity index (χ4v) is 2.63. The Morgan fingerprint density at radius 3 is 2.55 bits per heavy atom. The highest BCUT2D eigenvalue weighted by molar-refractivity contribution is 9.10. The molecular weight excluding hydrogens is 345 g/mol. The molecule has 0 saturated heterocycles. The maximum Gasteiger partial charge on any atom is 0.138 e. The van der Waals surface area contributed by atoms with Crippen LogP contribution in [0.3, 0.4) is 0 Å². The van der Waals surface area contributed by atoms with Crippen molar-refractivity contribution in [2.24, 2.45) is 0 Å². The second-order valence-electron chi connectivity index (χ2n) is 5.20. The van der Waals surface area contributed by atoms with Crippen molar-refractivity contribution in [2.45, 2.75) is 19.9 Å². The van der Waals surface area contributed by atoms with Gasteiger partial charge in [-0.2, -0.15) is 0 Å². The lowest BCUT2D eigenvalue weighted by Gasteiger charge is -2.17. The van der Waals surface area contributed by atoms with Gasteiger partial charge in [0.1, 0.15) is 17.5 Å². The summed E-state index contributed by atoms with van der Waals surface area (Å²) in [7, 11) is 0. The van der Waals surface area contributed by atoms with Gasteiger partial charge in [0, 0.05) is 22.0 Å². The van der Waals surface area contributed by atoms with E-state index in [1.165, 1.54) is 12.1 Å². The number of rotatable bonds is 3. The molecule has 2 aromatic carbocycles. The molecule has 1 aromatic heterocycles. The van der Waals surface area contributed by atoms with Gasteiger partial charge < -0.3 is 5.32 Å². The summed E-state index contributed by atoms with van der Waals surface area (Å²) in [5.41, 5.74) is 1.76. The van der Waals surface area contributed by atoms with Crippen LogP contribution >= 0.6 is 15.9 Å². The van der Waals surface area contributed by atoms with Crippen molar-refractivity contribution in [3.63, 3.8) is 0 Å². The summed E-state index contributed by atoms with van der Waals surface area (Å²) in [4.78, 5) is 8.75. The molecule has 0 aliphatic rings. The number of fused-ring (bicyclic) bond motifs is 1. The van der Waals surface area contributed by atoms with Crippen molar-refractivity contribution in [1.82, 2.24) is 9.97 Å². The summed E-state index contributed by atoms with van der Waals surface area (Å²) < 4.78 is 14.4. The van der Waals surface area contributed by atoms with Gasteiger partial charge in [-0.05, 0) is 43.7 Å². The molecule has 0 aliphatic heterocycles. The molecule has 0 aliphatic carbocycles. The van der Waals surface area contributed by atoms with Crippen LogP contribution < -0.4 is 5.32 Å². The van der Waals surface area contributed by atoms with E-state index in [0.29, 0.717) is 11.3 Å². The number of anilines is 1. The first-order valence-electron chi connectivity index (χ1n) is 6.99. The molecular formula is C17H15BrFN3. The first kappa shape index (κ1) is 14.9. The van der Waals surface area contributed by atoms with Crippen LogP contribution in [0.4, 0.5) is 10.2 Å². The molecule has 0 amide bonds. The van der Waals surface area contributed by atoms with Gasteiger partial charge in [-0.3, -0.25) is 0 Å². The molecule has 3 rings (SSSR count). The largest absolute Gasteiger partial charge is 0.363 e. The van der Waals surface area contributed by atoms with E-state index in [1.807, 2.05) is 12.1 Å². The van der Waals surface area contributed by atoms with Crippen LogP contribution in [-0.2, 0) is 0 Å². The number of hydrogen-bond acceptors (Lipinski definition) is 3. The van der Waals surface area contributed by atoms with E-state index in [2.05, 4.69) is 50.3 Å². The van der Waals surface area contributed by atoms with E-state index in [1.54, 1.807) is 13.0 Å². The second kappa shape index (κ2) is 6.01. The van der Waals surface area contributed by atoms with Gasteiger partial charge in [0.2, 0.25) is 0 Å². The van der Waals surface area contributed by atoms with Gasteiger partial charge in [-0.1, -0.05) is 28.1 Å². The van der Waals surface area contributed by atoms with Crippen molar-refractivity contribution >= 4 is 32.7 Å². The summed E-state index contributed by atoms with van der Waals surface area (Å²) in [5.74, 6) is 1.04. The Kier molecular flexibility index (Phi) is 4.07. The monoisotopic (exact) mass is 359 g/mol. The molecule has 3 nitrogen and oxygen atoms in total. The van der Waals surface area contributed by atoms with E-state index in [0.717, 1.165) is 21.2 Å². The summed E-state index contributed by atoms with van der Waals surface area (Å²) >= 11 is 3.43. The molecule has 0 fully saturated rings. The minimum absolute atomic E-state index is 0.0793. The SMILES string of the molecule is Cc1nc(N[C@@H](C)c2ccc(Br)cc2)c2ccc(F)cc2n1. The van der Waals surface area contributed by atoms with Crippen LogP contribution in [0.15, 0.2) is 46.9 Å². The van der Waals surface area contributed by atoms with Crippen molar-refractivity contribution in [2.75, 3.05) is 5.32 Å². The Morgan fingerprint density at radius 1 is 1.09 bits per heavy atom. The maximum atomic E-state index is 13.4. The lowest BCUT2D eigenvalue weighted by molar-refractivity contribution is 0.629. The smallest absolute Gasteiger partial charge is 0.138 e. The number of aryl methyl sites for hydroxylation is 1. The zero-order valence-electron chi connectivity index (χ0n) is 12.3. The number of nitrogens with one attached hydrogen (secondary N) is 1. The third-order valence-electron chi connectivity index (χ3n) is 3.49. The Bertz CT molecular complexity index is 813. The topological polar surface area (TPSA) is 37.8 Å². The summed E-state index contributed by atoms with van der Waals surface area (Å²) in [6.45, 7) is 3.87. The van der Waals surface area contributed by atoms with Crippen molar-refractivity contribution in [3.05, 3.63) is 64.1 Å². The van der Waals surface area contributed by atoms with Crippen LogP contribution in [0.5, 0.6) is 0 Å². The first-order valence-corrected chi connectivity index (χ1v) is 7.78. The standard InChI is InChI=1S/C17H15BrFN3/c1-10(12-3-5-13(18)6-4-12)20-17-15-8-7-14(19)9-16(15)21-11(2)22-17/h3-10H,1-2H3,(H,20,21,22)/t10-/m0/s1. The van der Waals surface area contributed by atoms with Gasteiger partial charge in [-0.15, -0.1) is 0 Å². The van der Waals surface area contributed by atoms with E-state index in [9.17, 15) is 4.39 Å². The third kappa shape index (κ3) is 3.09. The van der Waals surface area contributed by atoms with E-state index < -0.39 is 0 Å². The summed E-state index contributed by atoms with van der Waals surface area (Å²) in [6, 6.07) is 12.8. The number of aromatic nitrogens is 2. The van der Waals surface area contributed by atoms with E-state index in [4.69, 9.17) is 0 Å². The number of halogens is 2. The number of benzene rings is 2. The van der Waals surface area contributed by atoms with Crippen LogP contribution in [0, 0.1) is 12.7 Å². The molecule has 112 valence electrons. The molecule has 0 spiro atoms. The first-order chi connectivity index (χ1) is 10.5. The minimum Gasteiger partial charge on any atom is -0.363 e. The number of hydrogen-bond donors (Lipinski definition) is 1. The molecule has 5 heteroatoms. The quantitative estimate of drug-likeness (QED) is 0.713. The van der Waals surface area contributed by atoms with Crippen LogP contribution in [0.2, 0.25) is 0 Å². The summed E-state index contributed by atoms with van der Waals surface area (Å²) in [6.07, 6.45) is 0. The van der Waals surface area contributed by atoms with Crippen molar-refractivity contribution in [1.29, 1.82) is 0 Å². The lowest BCUT2D eigenvalue weighted by atomic mass is 10.1. The van der Waals surface area contributed by atoms with Gasteiger partial charge in [0.15, 0.2) is 0 Å². The average molecular weight is 360 g/mol. The molecule has 0 saturated carbocycles. The molecule has 3 aromatic rings. The fourth-order valence-electron chi connectivity index (χ4n) is 2.37. The van der Waals surface area contributed by atoms with Crippen molar-refractivity contribution < 1.29 is 4.39 Å². The third-order valence-corrected chi connectivity index (χ3v) is 4.02. The van der Waals surface area contributed by atoms with Gasteiger partial charge in [-0.25, -0.2) is 14.4 Å². The highest BCUT2D eigenvalue weighted by Crippen LogP contribution is 2.26. The van der Waals surface area contributed by atoms with Crippen LogP contribution in [-0.4, -0.2) is 9.97 Å². The van der Waals surface area contributed by atoms with Crippen molar-refractivity contribution in [3.8, 4) is 0 Å². The molecule has 22 heavy (non-hydrogen) atoms. The van der Waals surface area contributed by atoms with Crippen LogP contribution in [0.1, 0.15) is 24.4 Å². The fraction of sp³-hybridized carbons (Fsp3) is 0.176. The average Bonchev–Trinajstić information content (AvgIpc) is 2.47. The maximum absolute atomic E-state index is 13.4. The minimum atomic E-state index is -0.294. The molecule has 0 unspecified atom stereocenters. The van der Waals surface area contributed by atoms with E-state index in [-0.39, 0.29) is 11.9 Å². The highest BCUT2D eigenvalue weighted by atomic mass is 79.9.